The normalized spacial score (nSPS) is 14.7. The van der Waals surface area contributed by atoms with Crippen molar-refractivity contribution < 1.29 is 33.8 Å². The summed E-state index contributed by atoms with van der Waals surface area (Å²) in [5, 5.41) is 22.9. The van der Waals surface area contributed by atoms with E-state index in [2.05, 4.69) is 10.1 Å². The predicted molar refractivity (Wildman–Crippen MR) is 113 cm³/mol. The van der Waals surface area contributed by atoms with Gasteiger partial charge in [-0.2, -0.15) is 5.26 Å². The first-order valence-corrected chi connectivity index (χ1v) is 9.69. The smallest absolute Gasteiger partial charge is 0.337 e. The van der Waals surface area contributed by atoms with Gasteiger partial charge in [-0.1, -0.05) is 0 Å². The standard InChI is InChI=1S/C21H15N3O7S/c1-30-15-8-11(9-16(17(15)25)32-10-22)7-14-18(26)23-21(29)24(19(14)27)13-5-3-12(4-6-13)20(28)31-2/h3-9,25H,1-2H3,(H,23,26,29)/b14-7-. The van der Waals surface area contributed by atoms with Gasteiger partial charge in [-0.05, 0) is 59.8 Å². The van der Waals surface area contributed by atoms with Crippen LogP contribution >= 0.6 is 11.8 Å². The highest BCUT2D eigenvalue weighted by Gasteiger charge is 2.37. The second-order valence-electron chi connectivity index (χ2n) is 6.26. The van der Waals surface area contributed by atoms with E-state index in [9.17, 15) is 24.3 Å². The minimum absolute atomic E-state index is 0.0344. The molecule has 0 saturated carbocycles. The average molecular weight is 453 g/mol. The van der Waals surface area contributed by atoms with Crippen LogP contribution in [0.1, 0.15) is 15.9 Å². The third-order valence-electron chi connectivity index (χ3n) is 4.40. The van der Waals surface area contributed by atoms with E-state index in [1.54, 1.807) is 0 Å². The van der Waals surface area contributed by atoms with Crippen LogP contribution in [0.15, 0.2) is 46.9 Å². The number of amides is 4. The SMILES string of the molecule is COC(=O)c1ccc(N2C(=O)NC(=O)/C(=C/c3cc(OC)c(O)c(SC#N)c3)C2=O)cc1. The summed E-state index contributed by atoms with van der Waals surface area (Å²) in [6.07, 6.45) is 1.21. The van der Waals surface area contributed by atoms with E-state index in [1.807, 2.05) is 5.40 Å². The number of methoxy groups -OCH3 is 2. The van der Waals surface area contributed by atoms with Gasteiger partial charge in [0.2, 0.25) is 0 Å². The van der Waals surface area contributed by atoms with E-state index in [0.29, 0.717) is 11.8 Å². The van der Waals surface area contributed by atoms with Crippen molar-refractivity contribution in [3.8, 4) is 16.9 Å². The number of hydrogen-bond acceptors (Lipinski definition) is 9. The number of carbonyl (C=O) groups excluding carboxylic acids is 4. The molecule has 4 amide bonds. The number of rotatable bonds is 5. The maximum Gasteiger partial charge on any atom is 0.337 e. The Hall–Kier alpha value is -4.30. The van der Waals surface area contributed by atoms with Crippen LogP contribution in [-0.2, 0) is 14.3 Å². The Bertz CT molecular complexity index is 1200. The number of esters is 1. The molecule has 2 aromatic carbocycles. The molecular weight excluding hydrogens is 438 g/mol. The maximum absolute atomic E-state index is 13.0. The summed E-state index contributed by atoms with van der Waals surface area (Å²) in [6, 6.07) is 7.29. The van der Waals surface area contributed by atoms with Crippen LogP contribution in [-0.4, -0.2) is 43.1 Å². The second-order valence-corrected chi connectivity index (χ2v) is 7.09. The van der Waals surface area contributed by atoms with Crippen LogP contribution in [0.3, 0.4) is 0 Å². The summed E-state index contributed by atoms with van der Waals surface area (Å²) in [4.78, 5) is 50.2. The number of phenolic OH excluding ortho intramolecular Hbond substituents is 1. The monoisotopic (exact) mass is 453 g/mol. The molecule has 1 saturated heterocycles. The zero-order valence-corrected chi connectivity index (χ0v) is 17.6. The number of imide groups is 2. The van der Waals surface area contributed by atoms with Gasteiger partial charge in [0.15, 0.2) is 11.5 Å². The largest absolute Gasteiger partial charge is 0.503 e. The molecule has 1 heterocycles. The molecule has 2 aromatic rings. The number of urea groups is 1. The van der Waals surface area contributed by atoms with Crippen LogP contribution in [0.5, 0.6) is 11.5 Å². The lowest BCUT2D eigenvalue weighted by atomic mass is 10.1. The summed E-state index contributed by atoms with van der Waals surface area (Å²) in [7, 11) is 2.53. The Morgan fingerprint density at radius 1 is 1.19 bits per heavy atom. The Kier molecular flexibility index (Phi) is 6.46. The first kappa shape index (κ1) is 22.4. The van der Waals surface area contributed by atoms with E-state index in [-0.39, 0.29) is 38.8 Å². The number of thioether (sulfide) groups is 1. The molecule has 0 aliphatic carbocycles. The summed E-state index contributed by atoms with van der Waals surface area (Å²) < 4.78 is 9.69. The van der Waals surface area contributed by atoms with Crippen molar-refractivity contribution in [2.24, 2.45) is 0 Å². The van der Waals surface area contributed by atoms with E-state index in [1.165, 1.54) is 56.7 Å². The lowest BCUT2D eigenvalue weighted by molar-refractivity contribution is -0.122. The molecule has 1 fully saturated rings. The number of carbonyl (C=O) groups is 4. The van der Waals surface area contributed by atoms with Crippen molar-refractivity contribution >= 4 is 47.3 Å². The van der Waals surface area contributed by atoms with Crippen molar-refractivity contribution in [2.45, 2.75) is 4.90 Å². The topological polar surface area (TPSA) is 146 Å². The lowest BCUT2D eigenvalue weighted by Crippen LogP contribution is -2.54. The van der Waals surface area contributed by atoms with Crippen molar-refractivity contribution in [2.75, 3.05) is 19.1 Å². The van der Waals surface area contributed by atoms with Crippen LogP contribution in [0, 0.1) is 10.7 Å². The van der Waals surface area contributed by atoms with Gasteiger partial charge >= 0.3 is 12.0 Å². The quantitative estimate of drug-likeness (QED) is 0.229. The second kappa shape index (κ2) is 9.23. The summed E-state index contributed by atoms with van der Waals surface area (Å²) in [6.45, 7) is 0. The van der Waals surface area contributed by atoms with Gasteiger partial charge in [-0.3, -0.25) is 14.9 Å². The Labute approximate surface area is 186 Å². The van der Waals surface area contributed by atoms with Crippen LogP contribution < -0.4 is 15.0 Å². The molecule has 0 bridgehead atoms. The minimum atomic E-state index is -0.952. The van der Waals surface area contributed by atoms with Gasteiger partial charge < -0.3 is 14.6 Å². The average Bonchev–Trinajstić information content (AvgIpc) is 2.78. The molecule has 162 valence electrons. The van der Waals surface area contributed by atoms with Gasteiger partial charge in [-0.25, -0.2) is 14.5 Å². The van der Waals surface area contributed by atoms with E-state index < -0.39 is 23.8 Å². The fraction of sp³-hybridized carbons (Fsp3) is 0.0952. The summed E-state index contributed by atoms with van der Waals surface area (Å²) in [5.74, 6) is -2.63. The van der Waals surface area contributed by atoms with Gasteiger partial charge in [0.25, 0.3) is 11.8 Å². The fourth-order valence-electron chi connectivity index (χ4n) is 2.89. The number of nitrogens with zero attached hydrogens (tertiary/aromatic N) is 2. The molecule has 10 nitrogen and oxygen atoms in total. The van der Waals surface area contributed by atoms with Gasteiger partial charge in [0.05, 0.1) is 30.4 Å². The van der Waals surface area contributed by atoms with Crippen LogP contribution in [0.2, 0.25) is 0 Å². The third kappa shape index (κ3) is 4.26. The molecule has 3 rings (SSSR count). The highest BCUT2D eigenvalue weighted by atomic mass is 32.2. The van der Waals surface area contributed by atoms with Crippen LogP contribution in [0.25, 0.3) is 6.08 Å². The number of thiocyanates is 1. The molecule has 11 heteroatoms. The summed E-state index contributed by atoms with van der Waals surface area (Å²) in [5.41, 5.74) is 0.266. The number of hydrogen-bond donors (Lipinski definition) is 2. The lowest BCUT2D eigenvalue weighted by Gasteiger charge is -2.26. The number of benzene rings is 2. The van der Waals surface area contributed by atoms with Gasteiger partial charge in [0.1, 0.15) is 11.0 Å². The third-order valence-corrected chi connectivity index (χ3v) is 5.02. The predicted octanol–water partition coefficient (Wildman–Crippen LogP) is 2.43. The summed E-state index contributed by atoms with van der Waals surface area (Å²) >= 11 is 0.671. The number of nitriles is 1. The van der Waals surface area contributed by atoms with E-state index in [0.717, 1.165) is 4.90 Å². The molecule has 1 aliphatic heterocycles. The number of ether oxygens (including phenoxy) is 2. The van der Waals surface area contributed by atoms with Gasteiger partial charge in [0, 0.05) is 0 Å². The van der Waals surface area contributed by atoms with Crippen molar-refractivity contribution in [1.82, 2.24) is 5.32 Å². The number of anilines is 1. The molecule has 1 aliphatic rings. The first-order valence-electron chi connectivity index (χ1n) is 8.87. The minimum Gasteiger partial charge on any atom is -0.503 e. The fourth-order valence-corrected chi connectivity index (χ4v) is 3.38. The van der Waals surface area contributed by atoms with Crippen molar-refractivity contribution in [3.05, 3.63) is 53.1 Å². The van der Waals surface area contributed by atoms with E-state index >= 15 is 0 Å². The highest BCUT2D eigenvalue weighted by molar-refractivity contribution is 8.03. The number of barbiturate groups is 1. The molecule has 2 N–H and O–H groups in total. The molecule has 0 spiro atoms. The molecule has 0 atom stereocenters. The molecular formula is C21H15N3O7S. The molecule has 32 heavy (non-hydrogen) atoms. The highest BCUT2D eigenvalue weighted by Crippen LogP contribution is 2.38. The van der Waals surface area contributed by atoms with E-state index in [4.69, 9.17) is 10.00 Å². The van der Waals surface area contributed by atoms with Crippen LogP contribution in [0.4, 0.5) is 10.5 Å². The number of nitrogens with one attached hydrogen (secondary N) is 1. The van der Waals surface area contributed by atoms with Gasteiger partial charge in [-0.15, -0.1) is 0 Å². The Balaban J connectivity index is 2.02. The number of aromatic hydroxyl groups is 1. The molecule has 0 radical (unpaired) electrons. The first-order chi connectivity index (χ1) is 15.3. The van der Waals surface area contributed by atoms with Crippen molar-refractivity contribution in [1.29, 1.82) is 5.26 Å². The van der Waals surface area contributed by atoms with Crippen molar-refractivity contribution in [3.63, 3.8) is 0 Å². The zero-order valence-electron chi connectivity index (χ0n) is 16.7. The Morgan fingerprint density at radius 2 is 1.88 bits per heavy atom. The zero-order chi connectivity index (χ0) is 23.4. The molecule has 0 unspecified atom stereocenters. The number of phenols is 1. The maximum atomic E-state index is 13.0. The molecule has 0 aromatic heterocycles. The Morgan fingerprint density at radius 3 is 2.47 bits per heavy atom.